The van der Waals surface area contributed by atoms with E-state index in [0.29, 0.717) is 5.56 Å². The summed E-state index contributed by atoms with van der Waals surface area (Å²) in [5.41, 5.74) is 3.50. The molecule has 5 heteroatoms. The molecule has 0 aliphatic carbocycles. The summed E-state index contributed by atoms with van der Waals surface area (Å²) in [6, 6.07) is 11.3. The van der Waals surface area contributed by atoms with Crippen LogP contribution in [0, 0.1) is 19.7 Å². The SMILES string of the molecule is Cc1ccc(C(=O)NCC(=O)N(C)[C@@H](C)c2ccc(F)cc2)cc1C. The van der Waals surface area contributed by atoms with E-state index in [1.54, 1.807) is 31.3 Å². The molecule has 0 saturated carbocycles. The highest BCUT2D eigenvalue weighted by Gasteiger charge is 2.18. The first kappa shape index (κ1) is 18.6. The van der Waals surface area contributed by atoms with E-state index >= 15 is 0 Å². The molecule has 0 unspecified atom stereocenters. The van der Waals surface area contributed by atoms with Gasteiger partial charge in [-0.25, -0.2) is 4.39 Å². The molecular weight excluding hydrogens is 319 g/mol. The summed E-state index contributed by atoms with van der Waals surface area (Å²) < 4.78 is 13.0. The molecule has 132 valence electrons. The number of aryl methyl sites for hydroxylation is 2. The van der Waals surface area contributed by atoms with Crippen LogP contribution in [0.3, 0.4) is 0 Å². The van der Waals surface area contributed by atoms with Crippen molar-refractivity contribution in [1.29, 1.82) is 0 Å². The minimum absolute atomic E-state index is 0.0895. The number of likely N-dealkylation sites (N-methyl/N-ethyl adjacent to an activating group) is 1. The Kier molecular flexibility index (Phi) is 5.91. The monoisotopic (exact) mass is 342 g/mol. The highest BCUT2D eigenvalue weighted by Crippen LogP contribution is 2.19. The summed E-state index contributed by atoms with van der Waals surface area (Å²) in [6.45, 7) is 5.69. The van der Waals surface area contributed by atoms with Crippen LogP contribution in [0.4, 0.5) is 4.39 Å². The second-order valence-corrected chi connectivity index (χ2v) is 6.21. The average Bonchev–Trinajstić information content (AvgIpc) is 2.61. The van der Waals surface area contributed by atoms with Crippen LogP contribution in [-0.4, -0.2) is 30.3 Å². The fraction of sp³-hybridized carbons (Fsp3) is 0.300. The molecule has 0 aromatic heterocycles. The molecule has 0 bridgehead atoms. The van der Waals surface area contributed by atoms with Gasteiger partial charge in [-0.2, -0.15) is 0 Å². The van der Waals surface area contributed by atoms with Crippen LogP contribution in [0.15, 0.2) is 42.5 Å². The summed E-state index contributed by atoms with van der Waals surface area (Å²) in [7, 11) is 1.67. The second-order valence-electron chi connectivity index (χ2n) is 6.21. The fourth-order valence-corrected chi connectivity index (χ4v) is 2.45. The van der Waals surface area contributed by atoms with Gasteiger partial charge in [-0.1, -0.05) is 18.2 Å². The van der Waals surface area contributed by atoms with E-state index in [-0.39, 0.29) is 30.2 Å². The van der Waals surface area contributed by atoms with Crippen LogP contribution in [0.2, 0.25) is 0 Å². The molecule has 0 spiro atoms. The molecule has 0 aliphatic rings. The zero-order valence-electron chi connectivity index (χ0n) is 15.0. The largest absolute Gasteiger partial charge is 0.343 e. The van der Waals surface area contributed by atoms with Gasteiger partial charge in [0.05, 0.1) is 12.6 Å². The lowest BCUT2D eigenvalue weighted by molar-refractivity contribution is -0.130. The molecule has 2 rings (SSSR count). The average molecular weight is 342 g/mol. The Bertz CT molecular complexity index is 772. The predicted molar refractivity (Wildman–Crippen MR) is 95.8 cm³/mol. The Balaban J connectivity index is 1.95. The van der Waals surface area contributed by atoms with Gasteiger partial charge < -0.3 is 10.2 Å². The van der Waals surface area contributed by atoms with Gasteiger partial charge in [-0.05, 0) is 61.7 Å². The summed E-state index contributed by atoms with van der Waals surface area (Å²) in [5.74, 6) is -0.807. The van der Waals surface area contributed by atoms with Crippen molar-refractivity contribution in [2.24, 2.45) is 0 Å². The van der Waals surface area contributed by atoms with Crippen LogP contribution in [0.25, 0.3) is 0 Å². The zero-order valence-corrected chi connectivity index (χ0v) is 15.0. The van der Waals surface area contributed by atoms with Crippen molar-refractivity contribution in [3.8, 4) is 0 Å². The fourth-order valence-electron chi connectivity index (χ4n) is 2.45. The van der Waals surface area contributed by atoms with Crippen LogP contribution < -0.4 is 5.32 Å². The molecule has 25 heavy (non-hydrogen) atoms. The van der Waals surface area contributed by atoms with E-state index in [9.17, 15) is 14.0 Å². The molecule has 0 fully saturated rings. The minimum atomic E-state index is -0.314. The lowest BCUT2D eigenvalue weighted by Gasteiger charge is -2.25. The van der Waals surface area contributed by atoms with E-state index in [1.807, 2.05) is 26.8 Å². The van der Waals surface area contributed by atoms with Crippen LogP contribution in [0.1, 0.15) is 40.0 Å². The van der Waals surface area contributed by atoms with E-state index in [1.165, 1.54) is 17.0 Å². The van der Waals surface area contributed by atoms with E-state index < -0.39 is 0 Å². The Hall–Kier alpha value is -2.69. The molecule has 2 aromatic carbocycles. The topological polar surface area (TPSA) is 49.4 Å². The molecule has 2 aromatic rings. The normalized spacial score (nSPS) is 11.7. The van der Waals surface area contributed by atoms with E-state index in [0.717, 1.165) is 16.7 Å². The number of benzene rings is 2. The number of nitrogens with zero attached hydrogens (tertiary/aromatic N) is 1. The predicted octanol–water partition coefficient (Wildman–Crippen LogP) is 3.39. The number of halogens is 1. The third kappa shape index (κ3) is 4.66. The molecule has 2 amide bonds. The number of carbonyl (C=O) groups is 2. The Labute approximate surface area is 147 Å². The van der Waals surface area contributed by atoms with Crippen LogP contribution >= 0.6 is 0 Å². The zero-order chi connectivity index (χ0) is 18.6. The first-order chi connectivity index (χ1) is 11.8. The summed E-state index contributed by atoms with van der Waals surface area (Å²) in [5, 5.41) is 2.65. The van der Waals surface area contributed by atoms with Crippen molar-refractivity contribution in [2.45, 2.75) is 26.8 Å². The Morgan fingerprint density at radius 2 is 1.72 bits per heavy atom. The van der Waals surface area contributed by atoms with Crippen molar-refractivity contribution in [3.63, 3.8) is 0 Å². The number of carbonyl (C=O) groups excluding carboxylic acids is 2. The van der Waals surface area contributed by atoms with E-state index in [2.05, 4.69) is 5.32 Å². The molecule has 4 nitrogen and oxygen atoms in total. The first-order valence-corrected chi connectivity index (χ1v) is 8.16. The molecule has 0 saturated heterocycles. The minimum Gasteiger partial charge on any atom is -0.343 e. The van der Waals surface area contributed by atoms with Crippen molar-refractivity contribution in [2.75, 3.05) is 13.6 Å². The van der Waals surface area contributed by atoms with Crippen molar-refractivity contribution < 1.29 is 14.0 Å². The third-order valence-corrected chi connectivity index (χ3v) is 4.50. The lowest BCUT2D eigenvalue weighted by Crippen LogP contribution is -2.39. The number of nitrogens with one attached hydrogen (secondary N) is 1. The van der Waals surface area contributed by atoms with Crippen molar-refractivity contribution >= 4 is 11.8 Å². The van der Waals surface area contributed by atoms with Crippen molar-refractivity contribution in [3.05, 3.63) is 70.5 Å². The Morgan fingerprint density at radius 1 is 1.08 bits per heavy atom. The van der Waals surface area contributed by atoms with Crippen molar-refractivity contribution in [1.82, 2.24) is 10.2 Å². The lowest BCUT2D eigenvalue weighted by atomic mass is 10.1. The standard InChI is InChI=1S/C20H23FN2O2/c1-13-5-6-17(11-14(13)2)20(25)22-12-19(24)23(4)15(3)16-7-9-18(21)10-8-16/h5-11,15H,12H2,1-4H3,(H,22,25)/t15-/m0/s1. The highest BCUT2D eigenvalue weighted by atomic mass is 19.1. The van der Waals surface area contributed by atoms with Crippen LogP contribution in [-0.2, 0) is 4.79 Å². The number of hydrogen-bond donors (Lipinski definition) is 1. The van der Waals surface area contributed by atoms with Gasteiger partial charge in [0, 0.05) is 12.6 Å². The Morgan fingerprint density at radius 3 is 2.32 bits per heavy atom. The molecule has 0 heterocycles. The first-order valence-electron chi connectivity index (χ1n) is 8.16. The summed E-state index contributed by atoms with van der Waals surface area (Å²) in [6.07, 6.45) is 0. The summed E-state index contributed by atoms with van der Waals surface area (Å²) >= 11 is 0. The molecule has 1 N–H and O–H groups in total. The van der Waals surface area contributed by atoms with Gasteiger partial charge in [0.1, 0.15) is 5.82 Å². The highest BCUT2D eigenvalue weighted by molar-refractivity contribution is 5.96. The van der Waals surface area contributed by atoms with Gasteiger partial charge in [-0.3, -0.25) is 9.59 Å². The summed E-state index contributed by atoms with van der Waals surface area (Å²) in [4.78, 5) is 26.0. The molecule has 0 aliphatic heterocycles. The molecular formula is C20H23FN2O2. The third-order valence-electron chi connectivity index (χ3n) is 4.50. The second kappa shape index (κ2) is 7.92. The maximum Gasteiger partial charge on any atom is 0.251 e. The number of amides is 2. The van der Waals surface area contributed by atoms with Gasteiger partial charge in [0.15, 0.2) is 0 Å². The maximum absolute atomic E-state index is 13.0. The van der Waals surface area contributed by atoms with Gasteiger partial charge in [-0.15, -0.1) is 0 Å². The number of hydrogen-bond acceptors (Lipinski definition) is 2. The van der Waals surface area contributed by atoms with Gasteiger partial charge in [0.25, 0.3) is 5.91 Å². The molecule has 1 atom stereocenters. The molecule has 0 radical (unpaired) electrons. The van der Waals surface area contributed by atoms with Gasteiger partial charge in [0.2, 0.25) is 5.91 Å². The van der Waals surface area contributed by atoms with Gasteiger partial charge >= 0.3 is 0 Å². The smallest absolute Gasteiger partial charge is 0.251 e. The van der Waals surface area contributed by atoms with E-state index in [4.69, 9.17) is 0 Å². The number of rotatable bonds is 5. The maximum atomic E-state index is 13.0. The van der Waals surface area contributed by atoms with Crippen LogP contribution in [0.5, 0.6) is 0 Å². The quantitative estimate of drug-likeness (QED) is 0.905.